The van der Waals surface area contributed by atoms with Gasteiger partial charge < -0.3 is 19.8 Å². The lowest BCUT2D eigenvalue weighted by Crippen LogP contribution is -2.28. The second-order valence-corrected chi connectivity index (χ2v) is 3.73. The zero-order valence-corrected chi connectivity index (χ0v) is 10.1. The van der Waals surface area contributed by atoms with E-state index in [0.717, 1.165) is 0 Å². The molecule has 0 unspecified atom stereocenters. The summed E-state index contributed by atoms with van der Waals surface area (Å²) in [6.07, 6.45) is 0.706. The van der Waals surface area contributed by atoms with Crippen LogP contribution >= 0.6 is 12.0 Å². The van der Waals surface area contributed by atoms with Crippen molar-refractivity contribution in [2.45, 2.75) is 18.1 Å². The number of hydrogen-bond acceptors (Lipinski definition) is 8. The lowest BCUT2D eigenvalue weighted by molar-refractivity contribution is -0.777. The van der Waals surface area contributed by atoms with Crippen molar-refractivity contribution in [1.82, 2.24) is 0 Å². The molecule has 0 heterocycles. The summed E-state index contributed by atoms with van der Waals surface area (Å²) in [7, 11) is 0. The SMILES string of the molecule is O=C(OCCCOCCCO)C(F)(F)SOO[O-]. The molecule has 0 bridgehead atoms. The summed E-state index contributed by atoms with van der Waals surface area (Å²) in [6, 6.07) is 0. The van der Waals surface area contributed by atoms with Gasteiger partial charge in [0.1, 0.15) is 12.0 Å². The Kier molecular flexibility index (Phi) is 10.1. The number of aliphatic hydroxyl groups excluding tert-OH is 1. The molecule has 0 aromatic carbocycles. The Morgan fingerprint density at radius 1 is 1.28 bits per heavy atom. The number of carbonyl (C=O) groups is 1. The molecule has 0 fully saturated rings. The number of esters is 1. The molecule has 0 atom stereocenters. The first kappa shape index (κ1) is 17.5. The Morgan fingerprint density at radius 2 is 1.94 bits per heavy atom. The fourth-order valence-corrected chi connectivity index (χ4v) is 1.01. The van der Waals surface area contributed by atoms with Crippen LogP contribution in [-0.2, 0) is 23.6 Å². The summed E-state index contributed by atoms with van der Waals surface area (Å²) >= 11 is -0.740. The van der Waals surface area contributed by atoms with Crippen LogP contribution in [0.4, 0.5) is 8.78 Å². The van der Waals surface area contributed by atoms with E-state index in [9.17, 15) is 18.8 Å². The van der Waals surface area contributed by atoms with Crippen LogP contribution in [0.2, 0.25) is 0 Å². The van der Waals surface area contributed by atoms with Gasteiger partial charge in [0, 0.05) is 26.2 Å². The van der Waals surface area contributed by atoms with Crippen LogP contribution in [0.1, 0.15) is 12.8 Å². The van der Waals surface area contributed by atoms with Gasteiger partial charge in [0.25, 0.3) is 0 Å². The highest BCUT2D eigenvalue weighted by Crippen LogP contribution is 2.30. The molecule has 0 aliphatic heterocycles. The van der Waals surface area contributed by atoms with Gasteiger partial charge in [0.15, 0.2) is 0 Å². The average molecular weight is 291 g/mol. The number of aliphatic hydroxyl groups is 1. The molecule has 1 N–H and O–H groups in total. The van der Waals surface area contributed by atoms with Crippen molar-refractivity contribution in [3.8, 4) is 0 Å². The van der Waals surface area contributed by atoms with Gasteiger partial charge in [-0.05, 0) is 6.42 Å². The molecule has 0 amide bonds. The molecule has 0 aromatic heterocycles. The van der Waals surface area contributed by atoms with Gasteiger partial charge in [-0.3, -0.25) is 5.04 Å². The summed E-state index contributed by atoms with van der Waals surface area (Å²) in [5.41, 5.74) is 0. The molecule has 0 aliphatic carbocycles. The summed E-state index contributed by atoms with van der Waals surface area (Å²) in [4.78, 5) is 10.8. The van der Waals surface area contributed by atoms with Crippen LogP contribution in [0.5, 0.6) is 0 Å². The zero-order valence-electron chi connectivity index (χ0n) is 9.30. The summed E-state index contributed by atoms with van der Waals surface area (Å²) in [5.74, 6) is -1.83. The Labute approximate surface area is 106 Å². The molecule has 0 radical (unpaired) electrons. The van der Waals surface area contributed by atoms with Gasteiger partial charge in [0.05, 0.1) is 6.61 Å². The third-order valence-corrected chi connectivity index (χ3v) is 2.02. The van der Waals surface area contributed by atoms with Crippen molar-refractivity contribution in [2.75, 3.05) is 26.4 Å². The molecule has 108 valence electrons. The molecule has 0 aromatic rings. The molecule has 0 saturated heterocycles. The van der Waals surface area contributed by atoms with E-state index in [1.807, 2.05) is 0 Å². The standard InChI is InChI=1S/C8H14F2O7S/c9-8(10,18-17-16-13)7(12)15-6-2-5-14-4-1-3-11/h11,13H,1-6H2/p-1. The maximum Gasteiger partial charge on any atom is 0.415 e. The number of carbonyl (C=O) groups excluding carboxylic acids is 1. The van der Waals surface area contributed by atoms with Crippen molar-refractivity contribution in [2.24, 2.45) is 0 Å². The van der Waals surface area contributed by atoms with Crippen molar-refractivity contribution in [1.29, 1.82) is 0 Å². The number of rotatable bonds is 11. The highest BCUT2D eigenvalue weighted by Gasteiger charge is 2.43. The van der Waals surface area contributed by atoms with Crippen molar-refractivity contribution in [3.63, 3.8) is 0 Å². The molecule has 18 heavy (non-hydrogen) atoms. The van der Waals surface area contributed by atoms with Gasteiger partial charge in [-0.15, -0.1) is 0 Å². The minimum absolute atomic E-state index is 0.000215. The van der Waals surface area contributed by atoms with Crippen LogP contribution in [0.15, 0.2) is 0 Å². The Morgan fingerprint density at radius 3 is 2.56 bits per heavy atom. The molecule has 0 rings (SSSR count). The van der Waals surface area contributed by atoms with E-state index < -0.39 is 23.3 Å². The van der Waals surface area contributed by atoms with E-state index in [1.165, 1.54) is 0 Å². The van der Waals surface area contributed by atoms with Crippen LogP contribution in [-0.4, -0.2) is 42.8 Å². The van der Waals surface area contributed by atoms with Gasteiger partial charge >= 0.3 is 11.2 Å². The van der Waals surface area contributed by atoms with Crippen LogP contribution in [0.25, 0.3) is 0 Å². The Balaban J connectivity index is 3.57. The highest BCUT2D eigenvalue weighted by molar-refractivity contribution is 7.96. The molecule has 7 nitrogen and oxygen atoms in total. The van der Waals surface area contributed by atoms with E-state index in [-0.39, 0.29) is 26.2 Å². The number of ether oxygens (including phenoxy) is 2. The summed E-state index contributed by atoms with van der Waals surface area (Å²) in [6.45, 7) is 0.295. The van der Waals surface area contributed by atoms with Crippen LogP contribution < -0.4 is 5.26 Å². The van der Waals surface area contributed by atoms with E-state index in [4.69, 9.17) is 9.84 Å². The Bertz CT molecular complexity index is 229. The average Bonchev–Trinajstić information content (AvgIpc) is 2.35. The van der Waals surface area contributed by atoms with Crippen LogP contribution in [0, 0.1) is 0 Å². The molecule has 10 heteroatoms. The van der Waals surface area contributed by atoms with Crippen molar-refractivity contribution >= 4 is 18.0 Å². The van der Waals surface area contributed by atoms with Gasteiger partial charge in [-0.1, -0.05) is 0 Å². The lowest BCUT2D eigenvalue weighted by atomic mass is 10.4. The largest absolute Gasteiger partial charge is 0.691 e. The quantitative estimate of drug-likeness (QED) is 0.183. The zero-order chi connectivity index (χ0) is 13.9. The van der Waals surface area contributed by atoms with E-state index in [0.29, 0.717) is 13.0 Å². The first-order chi connectivity index (χ1) is 8.54. The first-order valence-corrected chi connectivity index (χ1v) is 5.66. The van der Waals surface area contributed by atoms with E-state index >= 15 is 0 Å². The molecule has 0 saturated carbocycles. The second-order valence-electron chi connectivity index (χ2n) is 2.92. The fraction of sp³-hybridized carbons (Fsp3) is 0.875. The monoisotopic (exact) mass is 291 g/mol. The molecule has 0 aliphatic rings. The molecule has 0 spiro atoms. The predicted octanol–water partition coefficient (Wildman–Crippen LogP) is -0.217. The maximum absolute atomic E-state index is 12.8. The number of alkyl halides is 2. The third kappa shape index (κ3) is 8.55. The lowest BCUT2D eigenvalue weighted by Gasteiger charge is -2.13. The van der Waals surface area contributed by atoms with Gasteiger partial charge in [-0.25, -0.2) is 4.79 Å². The summed E-state index contributed by atoms with van der Waals surface area (Å²) < 4.78 is 38.1. The number of halogens is 2. The predicted molar refractivity (Wildman–Crippen MR) is 52.8 cm³/mol. The highest BCUT2D eigenvalue weighted by atomic mass is 32.2. The normalized spacial score (nSPS) is 11.6. The molecular formula is C8H13F2O7S-. The summed E-state index contributed by atoms with van der Waals surface area (Å²) in [5, 5.41) is 16.4. The van der Waals surface area contributed by atoms with Gasteiger partial charge in [-0.2, -0.15) is 13.1 Å². The number of hydrogen-bond donors (Lipinski definition) is 1. The first-order valence-electron chi connectivity index (χ1n) is 4.92. The van der Waals surface area contributed by atoms with E-state index in [2.05, 4.69) is 14.1 Å². The fourth-order valence-electron chi connectivity index (χ4n) is 0.769. The smallest absolute Gasteiger partial charge is 0.415 e. The minimum Gasteiger partial charge on any atom is -0.691 e. The Hall–Kier alpha value is -0.520. The van der Waals surface area contributed by atoms with Crippen molar-refractivity contribution < 1.29 is 42.8 Å². The minimum atomic E-state index is -4.01. The maximum atomic E-state index is 12.8. The molecular weight excluding hydrogens is 278 g/mol. The second kappa shape index (κ2) is 10.4. The third-order valence-electron chi connectivity index (χ3n) is 1.52. The van der Waals surface area contributed by atoms with Crippen molar-refractivity contribution in [3.05, 3.63) is 0 Å². The topological polar surface area (TPSA) is 97.3 Å². The van der Waals surface area contributed by atoms with Crippen LogP contribution in [0.3, 0.4) is 0 Å². The van der Waals surface area contributed by atoms with E-state index in [1.54, 1.807) is 0 Å². The van der Waals surface area contributed by atoms with Gasteiger partial charge in [0.2, 0.25) is 0 Å².